The van der Waals surface area contributed by atoms with Crippen molar-refractivity contribution in [1.29, 1.82) is 0 Å². The predicted molar refractivity (Wildman–Crippen MR) is 35.7 cm³/mol. The summed E-state index contributed by atoms with van der Waals surface area (Å²) in [5, 5.41) is 8.46. The second-order valence-electron chi connectivity index (χ2n) is 1.38. The molecule has 0 aliphatic rings. The summed E-state index contributed by atoms with van der Waals surface area (Å²) in [5.41, 5.74) is 0. The number of aliphatic hydroxyl groups is 1. The Kier molecular flexibility index (Phi) is 3.67. The Morgan fingerprint density at radius 3 is 2.50 bits per heavy atom. The van der Waals surface area contributed by atoms with Gasteiger partial charge >= 0.3 is 0 Å². The first kappa shape index (κ1) is 7.02. The first-order valence-electron chi connectivity index (χ1n) is 2.44. The highest BCUT2D eigenvalue weighted by Gasteiger charge is 1.69. The Hall–Kier alpha value is -0.980. The first-order chi connectivity index (χ1) is 3.77. The molecule has 8 heavy (non-hydrogen) atoms. The number of aliphatic hydroxyl groups excluding tert-OH is 1. The lowest BCUT2D eigenvalue weighted by Crippen LogP contribution is -1.63. The van der Waals surface area contributed by atoms with Crippen molar-refractivity contribution in [3.05, 3.63) is 36.6 Å². The van der Waals surface area contributed by atoms with Gasteiger partial charge in [-0.2, -0.15) is 0 Å². The predicted octanol–water partition coefficient (Wildman–Crippen LogP) is 2.19. The van der Waals surface area contributed by atoms with Crippen LogP contribution in [-0.4, -0.2) is 5.11 Å². The van der Waals surface area contributed by atoms with Crippen LogP contribution in [-0.2, 0) is 0 Å². The summed E-state index contributed by atoms with van der Waals surface area (Å²) in [6.45, 7) is 5.17. The van der Waals surface area contributed by atoms with Gasteiger partial charge in [-0.3, -0.25) is 0 Å². The maximum absolute atomic E-state index is 8.46. The molecule has 0 bridgehead atoms. The summed E-state index contributed by atoms with van der Waals surface area (Å²) in [6.07, 6.45) is 6.95. The molecule has 0 atom stereocenters. The molecule has 0 radical (unpaired) electrons. The molecule has 0 heterocycles. The Morgan fingerprint density at radius 1 is 1.50 bits per heavy atom. The third-order valence-electron chi connectivity index (χ3n) is 0.592. The molecule has 0 aromatic heterocycles. The molecular formula is C7H10O. The van der Waals surface area contributed by atoms with Gasteiger partial charge in [-0.15, -0.1) is 0 Å². The molecule has 0 aliphatic carbocycles. The largest absolute Gasteiger partial charge is 0.509 e. The monoisotopic (exact) mass is 110 g/mol. The third-order valence-corrected chi connectivity index (χ3v) is 0.592. The van der Waals surface area contributed by atoms with Gasteiger partial charge in [0.25, 0.3) is 0 Å². The molecule has 0 rings (SSSR count). The zero-order valence-electron chi connectivity index (χ0n) is 4.96. The standard InChI is InChI=1S/C7H10O/c1-3-4-5-6-7(2)8/h3-6,8H,2H2,1H3/b4-3-,6-5-. The highest BCUT2D eigenvalue weighted by Crippen LogP contribution is 1.84. The van der Waals surface area contributed by atoms with E-state index in [1.165, 1.54) is 6.08 Å². The highest BCUT2D eigenvalue weighted by atomic mass is 16.3. The van der Waals surface area contributed by atoms with Crippen LogP contribution in [0.15, 0.2) is 36.6 Å². The molecule has 0 fully saturated rings. The fourth-order valence-electron chi connectivity index (χ4n) is 0.278. The third kappa shape index (κ3) is 5.02. The van der Waals surface area contributed by atoms with Crippen LogP contribution in [0.3, 0.4) is 0 Å². The van der Waals surface area contributed by atoms with Gasteiger partial charge in [0.2, 0.25) is 0 Å². The van der Waals surface area contributed by atoms with E-state index in [-0.39, 0.29) is 5.76 Å². The van der Waals surface area contributed by atoms with Crippen LogP contribution in [0, 0.1) is 0 Å². The Bertz CT molecular complexity index is 120. The topological polar surface area (TPSA) is 20.2 Å². The zero-order chi connectivity index (χ0) is 6.41. The van der Waals surface area contributed by atoms with Crippen molar-refractivity contribution < 1.29 is 5.11 Å². The normalized spacial score (nSPS) is 11.1. The summed E-state index contributed by atoms with van der Waals surface area (Å²) in [7, 11) is 0. The molecule has 0 saturated heterocycles. The summed E-state index contributed by atoms with van der Waals surface area (Å²) in [4.78, 5) is 0. The van der Waals surface area contributed by atoms with Gasteiger partial charge in [0.1, 0.15) is 5.76 Å². The van der Waals surface area contributed by atoms with E-state index in [0.717, 1.165) is 0 Å². The maximum atomic E-state index is 8.46. The average molecular weight is 110 g/mol. The number of allylic oxidation sites excluding steroid dienone is 4. The van der Waals surface area contributed by atoms with Crippen molar-refractivity contribution in [3.63, 3.8) is 0 Å². The van der Waals surface area contributed by atoms with Crippen LogP contribution in [0.5, 0.6) is 0 Å². The van der Waals surface area contributed by atoms with E-state index < -0.39 is 0 Å². The molecule has 0 unspecified atom stereocenters. The van der Waals surface area contributed by atoms with Gasteiger partial charge in [-0.25, -0.2) is 0 Å². The van der Waals surface area contributed by atoms with Crippen molar-refractivity contribution in [1.82, 2.24) is 0 Å². The molecule has 0 amide bonds. The van der Waals surface area contributed by atoms with Crippen LogP contribution in [0.2, 0.25) is 0 Å². The number of hydrogen-bond acceptors (Lipinski definition) is 1. The zero-order valence-corrected chi connectivity index (χ0v) is 4.96. The van der Waals surface area contributed by atoms with Crippen LogP contribution in [0.1, 0.15) is 6.92 Å². The average Bonchev–Trinajstić information content (AvgIpc) is 1.66. The highest BCUT2D eigenvalue weighted by molar-refractivity contribution is 5.12. The minimum Gasteiger partial charge on any atom is -0.509 e. The van der Waals surface area contributed by atoms with E-state index in [1.807, 2.05) is 19.1 Å². The van der Waals surface area contributed by atoms with Gasteiger partial charge in [0, 0.05) is 0 Å². The van der Waals surface area contributed by atoms with Crippen LogP contribution < -0.4 is 0 Å². The SMILES string of the molecule is C=C(O)/C=C\C=C/C. The van der Waals surface area contributed by atoms with E-state index in [1.54, 1.807) is 6.08 Å². The molecule has 0 spiro atoms. The minimum atomic E-state index is 0.0862. The lowest BCUT2D eigenvalue weighted by Gasteiger charge is -1.78. The van der Waals surface area contributed by atoms with E-state index in [2.05, 4.69) is 6.58 Å². The van der Waals surface area contributed by atoms with Crippen molar-refractivity contribution in [2.24, 2.45) is 0 Å². The van der Waals surface area contributed by atoms with Gasteiger partial charge in [0.15, 0.2) is 0 Å². The number of hydrogen-bond donors (Lipinski definition) is 1. The molecule has 1 heteroatoms. The van der Waals surface area contributed by atoms with E-state index >= 15 is 0 Å². The first-order valence-corrected chi connectivity index (χ1v) is 2.44. The Balaban J connectivity index is 3.50. The van der Waals surface area contributed by atoms with Crippen molar-refractivity contribution in [2.75, 3.05) is 0 Å². The van der Waals surface area contributed by atoms with E-state index in [4.69, 9.17) is 5.11 Å². The van der Waals surface area contributed by atoms with Gasteiger partial charge in [-0.1, -0.05) is 24.8 Å². The Morgan fingerprint density at radius 2 is 2.12 bits per heavy atom. The molecule has 44 valence electrons. The fourth-order valence-corrected chi connectivity index (χ4v) is 0.278. The lowest BCUT2D eigenvalue weighted by molar-refractivity contribution is 0.435. The number of rotatable bonds is 2. The summed E-state index contributed by atoms with van der Waals surface area (Å²) >= 11 is 0. The van der Waals surface area contributed by atoms with E-state index in [9.17, 15) is 0 Å². The molecule has 0 aromatic rings. The van der Waals surface area contributed by atoms with Crippen LogP contribution in [0.25, 0.3) is 0 Å². The van der Waals surface area contributed by atoms with Crippen molar-refractivity contribution in [2.45, 2.75) is 6.92 Å². The van der Waals surface area contributed by atoms with Crippen molar-refractivity contribution >= 4 is 0 Å². The second-order valence-corrected chi connectivity index (χ2v) is 1.38. The van der Waals surface area contributed by atoms with Crippen LogP contribution in [0.4, 0.5) is 0 Å². The summed E-state index contributed by atoms with van der Waals surface area (Å²) in [6, 6.07) is 0. The van der Waals surface area contributed by atoms with Gasteiger partial charge in [0.05, 0.1) is 0 Å². The Labute approximate surface area is 49.7 Å². The van der Waals surface area contributed by atoms with E-state index in [0.29, 0.717) is 0 Å². The van der Waals surface area contributed by atoms with Crippen LogP contribution >= 0.6 is 0 Å². The second kappa shape index (κ2) is 4.19. The molecule has 1 nitrogen and oxygen atoms in total. The van der Waals surface area contributed by atoms with Crippen molar-refractivity contribution in [3.8, 4) is 0 Å². The summed E-state index contributed by atoms with van der Waals surface area (Å²) in [5.74, 6) is 0.0862. The molecule has 0 aromatic carbocycles. The fraction of sp³-hybridized carbons (Fsp3) is 0.143. The molecule has 1 N–H and O–H groups in total. The quantitative estimate of drug-likeness (QED) is 0.426. The molecular weight excluding hydrogens is 100 g/mol. The maximum Gasteiger partial charge on any atom is 0.108 e. The molecule has 0 saturated carbocycles. The van der Waals surface area contributed by atoms with Gasteiger partial charge < -0.3 is 5.11 Å². The minimum absolute atomic E-state index is 0.0862. The smallest absolute Gasteiger partial charge is 0.108 e. The van der Waals surface area contributed by atoms with Gasteiger partial charge in [-0.05, 0) is 13.0 Å². The summed E-state index contributed by atoms with van der Waals surface area (Å²) < 4.78 is 0. The lowest BCUT2D eigenvalue weighted by atomic mass is 10.4. The molecule has 0 aliphatic heterocycles.